The number of carbonyl (C=O) groups excluding carboxylic acids is 1. The number of nitrogens with one attached hydrogen (secondary N) is 1. The van der Waals surface area contributed by atoms with Crippen LogP contribution in [0.3, 0.4) is 0 Å². The van der Waals surface area contributed by atoms with Gasteiger partial charge in [0.05, 0.1) is 6.10 Å². The van der Waals surface area contributed by atoms with E-state index in [-0.39, 0.29) is 18.4 Å². The molecule has 2 N–H and O–H groups in total. The third-order valence-corrected chi connectivity index (χ3v) is 3.63. The van der Waals surface area contributed by atoms with Crippen molar-refractivity contribution in [3.05, 3.63) is 29.8 Å². The zero-order valence-electron chi connectivity index (χ0n) is 10.8. The van der Waals surface area contributed by atoms with E-state index < -0.39 is 16.9 Å². The number of aliphatic hydroxyl groups is 1. The second kappa shape index (κ2) is 6.66. The van der Waals surface area contributed by atoms with Gasteiger partial charge in [-0.3, -0.25) is 9.00 Å². The standard InChI is InChI=1S/C13H19NO3S/c1-9(2)12(15)8-14-13(16)10-4-6-11(7-5-10)18(3)17/h4-7,9,12,15H,8H2,1-3H3,(H,14,16). The highest BCUT2D eigenvalue weighted by Crippen LogP contribution is 2.08. The number of rotatable bonds is 5. The summed E-state index contributed by atoms with van der Waals surface area (Å²) in [5.41, 5.74) is 0.500. The van der Waals surface area contributed by atoms with Crippen LogP contribution >= 0.6 is 0 Å². The molecule has 0 fully saturated rings. The Morgan fingerprint density at radius 3 is 2.33 bits per heavy atom. The van der Waals surface area contributed by atoms with Gasteiger partial charge in [0.25, 0.3) is 5.91 Å². The molecule has 2 atom stereocenters. The lowest BCUT2D eigenvalue weighted by Gasteiger charge is -2.15. The van der Waals surface area contributed by atoms with Gasteiger partial charge in [-0.1, -0.05) is 13.8 Å². The SMILES string of the molecule is CC(C)C(O)CNC(=O)c1ccc(S(C)=O)cc1. The molecular weight excluding hydrogens is 250 g/mol. The first kappa shape index (κ1) is 14.9. The van der Waals surface area contributed by atoms with Crippen molar-refractivity contribution in [1.82, 2.24) is 5.32 Å². The summed E-state index contributed by atoms with van der Waals surface area (Å²) < 4.78 is 11.2. The van der Waals surface area contributed by atoms with Crippen LogP contribution in [0.4, 0.5) is 0 Å². The van der Waals surface area contributed by atoms with Crippen molar-refractivity contribution in [3.8, 4) is 0 Å². The van der Waals surface area contributed by atoms with E-state index in [2.05, 4.69) is 5.32 Å². The molecule has 1 aromatic carbocycles. The van der Waals surface area contributed by atoms with Crippen molar-refractivity contribution in [2.24, 2.45) is 5.92 Å². The molecule has 0 saturated carbocycles. The molecule has 0 radical (unpaired) electrons. The van der Waals surface area contributed by atoms with E-state index in [4.69, 9.17) is 0 Å². The van der Waals surface area contributed by atoms with Crippen LogP contribution in [0.2, 0.25) is 0 Å². The normalized spacial score (nSPS) is 14.3. The van der Waals surface area contributed by atoms with E-state index in [1.165, 1.54) is 0 Å². The van der Waals surface area contributed by atoms with Crippen LogP contribution in [0.15, 0.2) is 29.2 Å². The maximum atomic E-state index is 11.8. The van der Waals surface area contributed by atoms with Crippen molar-refractivity contribution in [2.45, 2.75) is 24.8 Å². The molecule has 4 nitrogen and oxygen atoms in total. The summed E-state index contributed by atoms with van der Waals surface area (Å²) in [6.07, 6.45) is 1.05. The largest absolute Gasteiger partial charge is 0.391 e. The van der Waals surface area contributed by atoms with Gasteiger partial charge in [0.15, 0.2) is 0 Å². The topological polar surface area (TPSA) is 66.4 Å². The minimum absolute atomic E-state index is 0.107. The number of hydrogen-bond donors (Lipinski definition) is 2. The third kappa shape index (κ3) is 4.23. The molecule has 2 unspecified atom stereocenters. The van der Waals surface area contributed by atoms with Gasteiger partial charge in [-0.15, -0.1) is 0 Å². The van der Waals surface area contributed by atoms with E-state index >= 15 is 0 Å². The molecule has 1 aromatic rings. The number of benzene rings is 1. The zero-order valence-corrected chi connectivity index (χ0v) is 11.7. The number of hydrogen-bond acceptors (Lipinski definition) is 3. The Bertz CT molecular complexity index is 428. The van der Waals surface area contributed by atoms with Crippen LogP contribution < -0.4 is 5.32 Å². The second-order valence-corrected chi connectivity index (χ2v) is 5.88. The third-order valence-electron chi connectivity index (χ3n) is 2.69. The maximum Gasteiger partial charge on any atom is 0.251 e. The van der Waals surface area contributed by atoms with Gasteiger partial charge in [0, 0.05) is 34.1 Å². The average molecular weight is 269 g/mol. The monoisotopic (exact) mass is 269 g/mol. The van der Waals surface area contributed by atoms with Gasteiger partial charge in [-0.25, -0.2) is 0 Å². The van der Waals surface area contributed by atoms with Crippen molar-refractivity contribution in [3.63, 3.8) is 0 Å². The van der Waals surface area contributed by atoms with Crippen LogP contribution in [-0.4, -0.2) is 34.1 Å². The molecule has 0 spiro atoms. The highest BCUT2D eigenvalue weighted by molar-refractivity contribution is 7.84. The first-order chi connectivity index (χ1) is 8.41. The smallest absolute Gasteiger partial charge is 0.251 e. The zero-order chi connectivity index (χ0) is 13.7. The Balaban J connectivity index is 2.59. The summed E-state index contributed by atoms with van der Waals surface area (Å²) in [7, 11) is -1.04. The summed E-state index contributed by atoms with van der Waals surface area (Å²) in [6.45, 7) is 4.02. The summed E-state index contributed by atoms with van der Waals surface area (Å²) in [5, 5.41) is 12.2. The van der Waals surface area contributed by atoms with Crippen molar-refractivity contribution < 1.29 is 14.1 Å². The predicted molar refractivity (Wildman–Crippen MR) is 72.0 cm³/mol. The van der Waals surface area contributed by atoms with Crippen molar-refractivity contribution in [2.75, 3.05) is 12.8 Å². The van der Waals surface area contributed by atoms with Crippen molar-refractivity contribution >= 4 is 16.7 Å². The molecule has 0 aliphatic heterocycles. The Hall–Kier alpha value is -1.20. The van der Waals surface area contributed by atoms with E-state index in [0.29, 0.717) is 10.5 Å². The molecule has 1 amide bonds. The van der Waals surface area contributed by atoms with Crippen LogP contribution in [0.1, 0.15) is 24.2 Å². The highest BCUT2D eigenvalue weighted by atomic mass is 32.2. The Labute approximate surface area is 110 Å². The molecule has 1 rings (SSSR count). The van der Waals surface area contributed by atoms with Gasteiger partial charge in [0.1, 0.15) is 0 Å². The fraction of sp³-hybridized carbons (Fsp3) is 0.462. The molecule has 5 heteroatoms. The molecule has 0 aromatic heterocycles. The van der Waals surface area contributed by atoms with Crippen molar-refractivity contribution in [1.29, 1.82) is 0 Å². The summed E-state index contributed by atoms with van der Waals surface area (Å²) in [4.78, 5) is 12.4. The van der Waals surface area contributed by atoms with Crippen LogP contribution in [-0.2, 0) is 10.8 Å². The van der Waals surface area contributed by atoms with Crippen LogP contribution in [0, 0.1) is 5.92 Å². The summed E-state index contributed by atoms with van der Waals surface area (Å²) >= 11 is 0. The first-order valence-corrected chi connectivity index (χ1v) is 7.37. The van der Waals surface area contributed by atoms with E-state index in [9.17, 15) is 14.1 Å². The summed E-state index contributed by atoms with van der Waals surface area (Å²) in [5.74, 6) is -0.127. The average Bonchev–Trinajstić information content (AvgIpc) is 2.35. The fourth-order valence-electron chi connectivity index (χ4n) is 1.33. The lowest BCUT2D eigenvalue weighted by atomic mass is 10.1. The van der Waals surface area contributed by atoms with Gasteiger partial charge in [-0.05, 0) is 30.2 Å². The lowest BCUT2D eigenvalue weighted by molar-refractivity contribution is 0.0871. The second-order valence-electron chi connectivity index (χ2n) is 4.50. The van der Waals surface area contributed by atoms with Gasteiger partial charge >= 0.3 is 0 Å². The molecule has 0 heterocycles. The molecule has 100 valence electrons. The Morgan fingerprint density at radius 2 is 1.89 bits per heavy atom. The fourth-order valence-corrected chi connectivity index (χ4v) is 1.85. The first-order valence-electron chi connectivity index (χ1n) is 5.81. The minimum Gasteiger partial charge on any atom is -0.391 e. The van der Waals surface area contributed by atoms with Gasteiger partial charge in [0.2, 0.25) is 0 Å². The Morgan fingerprint density at radius 1 is 1.33 bits per heavy atom. The minimum atomic E-state index is -1.04. The van der Waals surface area contributed by atoms with E-state index in [1.54, 1.807) is 30.5 Å². The molecule has 0 saturated heterocycles. The Kier molecular flexibility index (Phi) is 5.50. The number of amides is 1. The summed E-state index contributed by atoms with van der Waals surface area (Å²) in [6, 6.07) is 6.61. The lowest BCUT2D eigenvalue weighted by Crippen LogP contribution is -2.34. The van der Waals surface area contributed by atoms with E-state index in [0.717, 1.165) is 0 Å². The molecule has 0 aliphatic carbocycles. The van der Waals surface area contributed by atoms with Gasteiger partial charge in [-0.2, -0.15) is 0 Å². The van der Waals surface area contributed by atoms with E-state index in [1.807, 2.05) is 13.8 Å². The maximum absolute atomic E-state index is 11.8. The van der Waals surface area contributed by atoms with Crippen LogP contribution in [0.25, 0.3) is 0 Å². The highest BCUT2D eigenvalue weighted by Gasteiger charge is 2.12. The number of carbonyl (C=O) groups is 1. The quantitative estimate of drug-likeness (QED) is 0.843. The predicted octanol–water partition coefficient (Wildman–Crippen LogP) is 1.17. The molecule has 18 heavy (non-hydrogen) atoms. The van der Waals surface area contributed by atoms with Gasteiger partial charge < -0.3 is 10.4 Å². The molecule has 0 bridgehead atoms. The molecular formula is C13H19NO3S. The number of aliphatic hydroxyl groups excluding tert-OH is 1. The molecule has 0 aliphatic rings. The van der Waals surface area contributed by atoms with Crippen LogP contribution in [0.5, 0.6) is 0 Å².